The van der Waals surface area contributed by atoms with Crippen LogP contribution in [0.4, 0.5) is 5.69 Å². The molecule has 16 heavy (non-hydrogen) atoms. The normalized spacial score (nSPS) is 12.2. The van der Waals surface area contributed by atoms with E-state index >= 15 is 0 Å². The molecule has 1 aromatic rings. The van der Waals surface area contributed by atoms with Gasteiger partial charge in [0.05, 0.1) is 6.42 Å². The first kappa shape index (κ1) is 12.6. The van der Waals surface area contributed by atoms with E-state index in [9.17, 15) is 4.79 Å². The molecular weight excluding hydrogens is 202 g/mol. The molecule has 1 unspecified atom stereocenters. The lowest BCUT2D eigenvalue weighted by molar-refractivity contribution is -0.137. The maximum atomic E-state index is 10.7. The fraction of sp³-hybridized carbons (Fsp3) is 0.462. The summed E-state index contributed by atoms with van der Waals surface area (Å²) in [7, 11) is 0. The molecule has 0 radical (unpaired) electrons. The standard InChI is InChI=1S/C13H19NO2/c1-4-14(11(3)9-13(15)16)12-7-5-6-10(2)8-12/h5-8,11H,4,9H2,1-3H3,(H,15,16). The average molecular weight is 221 g/mol. The fourth-order valence-electron chi connectivity index (χ4n) is 1.92. The van der Waals surface area contributed by atoms with Crippen LogP contribution in [0.3, 0.4) is 0 Å². The van der Waals surface area contributed by atoms with Crippen molar-refractivity contribution < 1.29 is 9.90 Å². The van der Waals surface area contributed by atoms with Gasteiger partial charge in [0.25, 0.3) is 0 Å². The summed E-state index contributed by atoms with van der Waals surface area (Å²) in [6.45, 7) is 6.84. The van der Waals surface area contributed by atoms with Crippen molar-refractivity contribution in [3.05, 3.63) is 29.8 Å². The molecule has 88 valence electrons. The van der Waals surface area contributed by atoms with Gasteiger partial charge in [-0.05, 0) is 38.5 Å². The average Bonchev–Trinajstić information content (AvgIpc) is 2.17. The van der Waals surface area contributed by atoms with Gasteiger partial charge in [0.1, 0.15) is 0 Å². The smallest absolute Gasteiger partial charge is 0.305 e. The number of anilines is 1. The van der Waals surface area contributed by atoms with Gasteiger partial charge in [0.2, 0.25) is 0 Å². The minimum atomic E-state index is -0.751. The molecular formula is C13H19NO2. The van der Waals surface area contributed by atoms with Crippen molar-refractivity contribution >= 4 is 11.7 Å². The molecule has 0 bridgehead atoms. The van der Waals surface area contributed by atoms with Gasteiger partial charge in [-0.15, -0.1) is 0 Å². The second kappa shape index (κ2) is 5.54. The molecule has 0 amide bonds. The first-order valence-electron chi connectivity index (χ1n) is 5.59. The quantitative estimate of drug-likeness (QED) is 0.831. The predicted octanol–water partition coefficient (Wildman–Crippen LogP) is 2.68. The lowest BCUT2D eigenvalue weighted by atomic mass is 10.1. The summed E-state index contributed by atoms with van der Waals surface area (Å²) >= 11 is 0. The van der Waals surface area contributed by atoms with Gasteiger partial charge in [0.15, 0.2) is 0 Å². The number of rotatable bonds is 5. The van der Waals surface area contributed by atoms with E-state index in [1.165, 1.54) is 5.56 Å². The van der Waals surface area contributed by atoms with Crippen LogP contribution in [0.15, 0.2) is 24.3 Å². The van der Waals surface area contributed by atoms with E-state index in [1.807, 2.05) is 39.0 Å². The Morgan fingerprint density at radius 3 is 2.69 bits per heavy atom. The molecule has 0 fully saturated rings. The number of nitrogens with zero attached hydrogens (tertiary/aromatic N) is 1. The fourth-order valence-corrected chi connectivity index (χ4v) is 1.92. The van der Waals surface area contributed by atoms with Crippen molar-refractivity contribution in [2.75, 3.05) is 11.4 Å². The Morgan fingerprint density at radius 2 is 2.19 bits per heavy atom. The zero-order chi connectivity index (χ0) is 12.1. The first-order valence-corrected chi connectivity index (χ1v) is 5.59. The van der Waals surface area contributed by atoms with E-state index in [0.717, 1.165) is 12.2 Å². The molecule has 3 heteroatoms. The molecule has 0 spiro atoms. The highest BCUT2D eigenvalue weighted by Gasteiger charge is 2.15. The molecule has 0 aromatic heterocycles. The van der Waals surface area contributed by atoms with Gasteiger partial charge in [-0.25, -0.2) is 0 Å². The van der Waals surface area contributed by atoms with Gasteiger partial charge >= 0.3 is 5.97 Å². The minimum Gasteiger partial charge on any atom is -0.481 e. The van der Waals surface area contributed by atoms with Gasteiger partial charge in [-0.1, -0.05) is 12.1 Å². The van der Waals surface area contributed by atoms with E-state index in [-0.39, 0.29) is 12.5 Å². The molecule has 0 aliphatic rings. The summed E-state index contributed by atoms with van der Waals surface area (Å²) in [6, 6.07) is 8.17. The second-order valence-corrected chi connectivity index (χ2v) is 4.07. The maximum Gasteiger partial charge on any atom is 0.305 e. The lowest BCUT2D eigenvalue weighted by Crippen LogP contribution is -2.34. The van der Waals surface area contributed by atoms with Crippen LogP contribution in [-0.4, -0.2) is 23.7 Å². The van der Waals surface area contributed by atoms with Gasteiger partial charge in [0, 0.05) is 18.3 Å². The molecule has 1 rings (SSSR count). The third-order valence-electron chi connectivity index (χ3n) is 2.68. The molecule has 1 aromatic carbocycles. The SMILES string of the molecule is CCN(c1cccc(C)c1)C(C)CC(=O)O. The highest BCUT2D eigenvalue weighted by atomic mass is 16.4. The van der Waals surface area contributed by atoms with E-state index in [2.05, 4.69) is 11.0 Å². The zero-order valence-electron chi connectivity index (χ0n) is 10.1. The van der Waals surface area contributed by atoms with Crippen LogP contribution in [0, 0.1) is 6.92 Å². The third-order valence-corrected chi connectivity index (χ3v) is 2.68. The number of aliphatic carboxylic acids is 1. The summed E-state index contributed by atoms with van der Waals surface area (Å²) in [5.74, 6) is -0.751. The van der Waals surface area contributed by atoms with Crippen molar-refractivity contribution in [3.8, 4) is 0 Å². The van der Waals surface area contributed by atoms with Crippen LogP contribution >= 0.6 is 0 Å². The number of aryl methyl sites for hydroxylation is 1. The number of carbonyl (C=O) groups is 1. The largest absolute Gasteiger partial charge is 0.481 e. The monoisotopic (exact) mass is 221 g/mol. The number of carboxylic acids is 1. The van der Waals surface area contributed by atoms with Crippen LogP contribution < -0.4 is 4.90 Å². The Balaban J connectivity index is 2.85. The minimum absolute atomic E-state index is 0.0179. The second-order valence-electron chi connectivity index (χ2n) is 4.07. The van der Waals surface area contributed by atoms with E-state index in [0.29, 0.717) is 0 Å². The summed E-state index contributed by atoms with van der Waals surface area (Å²) in [6.07, 6.45) is 0.168. The van der Waals surface area contributed by atoms with Crippen molar-refractivity contribution in [2.24, 2.45) is 0 Å². The topological polar surface area (TPSA) is 40.5 Å². The Bertz CT molecular complexity index is 363. The maximum absolute atomic E-state index is 10.7. The van der Waals surface area contributed by atoms with Crippen molar-refractivity contribution in [1.29, 1.82) is 0 Å². The van der Waals surface area contributed by atoms with Crippen LogP contribution in [0.1, 0.15) is 25.8 Å². The summed E-state index contributed by atoms with van der Waals surface area (Å²) in [5, 5.41) is 8.80. The molecule has 3 nitrogen and oxygen atoms in total. The number of carboxylic acid groups (broad SMARTS) is 1. The highest BCUT2D eigenvalue weighted by Crippen LogP contribution is 2.19. The summed E-state index contributed by atoms with van der Waals surface area (Å²) < 4.78 is 0. The Labute approximate surface area is 96.7 Å². The zero-order valence-corrected chi connectivity index (χ0v) is 10.1. The van der Waals surface area contributed by atoms with Gasteiger partial charge in [-0.3, -0.25) is 4.79 Å². The molecule has 0 aliphatic carbocycles. The molecule has 0 heterocycles. The van der Waals surface area contributed by atoms with Crippen molar-refractivity contribution in [1.82, 2.24) is 0 Å². The number of hydrogen-bond donors (Lipinski definition) is 1. The van der Waals surface area contributed by atoms with Crippen molar-refractivity contribution in [3.63, 3.8) is 0 Å². The molecule has 1 N–H and O–H groups in total. The van der Waals surface area contributed by atoms with E-state index < -0.39 is 5.97 Å². The molecule has 0 aliphatic heterocycles. The van der Waals surface area contributed by atoms with Crippen LogP contribution in [0.25, 0.3) is 0 Å². The van der Waals surface area contributed by atoms with Crippen LogP contribution in [-0.2, 0) is 4.79 Å². The van der Waals surface area contributed by atoms with Gasteiger partial charge in [-0.2, -0.15) is 0 Å². The van der Waals surface area contributed by atoms with Crippen molar-refractivity contribution in [2.45, 2.75) is 33.2 Å². The van der Waals surface area contributed by atoms with Crippen LogP contribution in [0.5, 0.6) is 0 Å². The Hall–Kier alpha value is -1.51. The van der Waals surface area contributed by atoms with E-state index in [4.69, 9.17) is 5.11 Å². The summed E-state index contributed by atoms with van der Waals surface area (Å²) in [5.41, 5.74) is 2.29. The Kier molecular flexibility index (Phi) is 4.35. The van der Waals surface area contributed by atoms with Gasteiger partial charge < -0.3 is 10.0 Å². The predicted molar refractivity (Wildman–Crippen MR) is 65.9 cm³/mol. The molecule has 0 saturated carbocycles. The third kappa shape index (κ3) is 3.26. The highest BCUT2D eigenvalue weighted by molar-refractivity contribution is 5.68. The lowest BCUT2D eigenvalue weighted by Gasteiger charge is -2.29. The van der Waals surface area contributed by atoms with Crippen LogP contribution in [0.2, 0.25) is 0 Å². The van der Waals surface area contributed by atoms with E-state index in [1.54, 1.807) is 0 Å². The Morgan fingerprint density at radius 1 is 1.50 bits per heavy atom. The summed E-state index contributed by atoms with van der Waals surface area (Å²) in [4.78, 5) is 12.8. The molecule has 1 atom stereocenters. The number of benzene rings is 1. The number of hydrogen-bond acceptors (Lipinski definition) is 2. The first-order chi connectivity index (χ1) is 7.54. The molecule has 0 saturated heterocycles.